The first kappa shape index (κ1) is 10.5. The number of rotatable bonds is 3. The van der Waals surface area contributed by atoms with Gasteiger partial charge in [0.15, 0.2) is 0 Å². The second-order valence-electron chi connectivity index (χ2n) is 3.04. The molecular weight excluding hydrogens is 235 g/mol. The van der Waals surface area contributed by atoms with Crippen molar-refractivity contribution < 1.29 is 4.42 Å². The van der Waals surface area contributed by atoms with Gasteiger partial charge in [0.05, 0.1) is 0 Å². The third-order valence-electron chi connectivity index (χ3n) is 2.01. The lowest BCUT2D eigenvalue weighted by Gasteiger charge is -2.00. The van der Waals surface area contributed by atoms with Crippen LogP contribution in [0.15, 0.2) is 28.7 Å². The summed E-state index contributed by atoms with van der Waals surface area (Å²) >= 11 is 11.5. The van der Waals surface area contributed by atoms with E-state index in [4.69, 9.17) is 27.6 Å². The summed E-state index contributed by atoms with van der Waals surface area (Å²) in [5, 5.41) is 8.16. The van der Waals surface area contributed by atoms with Gasteiger partial charge in [0.25, 0.3) is 0 Å². The zero-order chi connectivity index (χ0) is 10.7. The summed E-state index contributed by atoms with van der Waals surface area (Å²) in [5.74, 6) is 0.528. The van der Waals surface area contributed by atoms with Crippen LogP contribution >= 0.6 is 23.2 Å². The Morgan fingerprint density at radius 1 is 1.07 bits per heavy atom. The Morgan fingerprint density at radius 2 is 1.87 bits per heavy atom. The average Bonchev–Trinajstić information content (AvgIpc) is 2.63. The Balaban J connectivity index is 2.02. The Morgan fingerprint density at radius 3 is 2.53 bits per heavy atom. The number of halogens is 2. The molecule has 0 saturated heterocycles. The predicted octanol–water partition coefficient (Wildman–Crippen LogP) is 3.16. The van der Waals surface area contributed by atoms with Gasteiger partial charge >= 0.3 is 5.35 Å². The Hall–Kier alpha value is -1.06. The molecule has 0 aliphatic carbocycles. The highest BCUT2D eigenvalue weighted by atomic mass is 35.5. The van der Waals surface area contributed by atoms with Crippen molar-refractivity contribution in [3.8, 4) is 0 Å². The lowest BCUT2D eigenvalue weighted by atomic mass is 10.1. The number of hydrogen-bond donors (Lipinski definition) is 0. The van der Waals surface area contributed by atoms with Crippen LogP contribution in [0, 0.1) is 0 Å². The van der Waals surface area contributed by atoms with Gasteiger partial charge in [-0.1, -0.05) is 34.9 Å². The molecule has 0 saturated carbocycles. The number of benzene rings is 1. The number of nitrogens with zero attached hydrogens (tertiary/aromatic N) is 2. The van der Waals surface area contributed by atoms with Crippen LogP contribution in [0.1, 0.15) is 11.5 Å². The fourth-order valence-corrected chi connectivity index (χ4v) is 1.63. The molecule has 1 aromatic heterocycles. The van der Waals surface area contributed by atoms with E-state index in [9.17, 15) is 0 Å². The first-order valence-corrected chi connectivity index (χ1v) is 5.22. The first-order valence-electron chi connectivity index (χ1n) is 4.47. The van der Waals surface area contributed by atoms with Crippen molar-refractivity contribution in [3.05, 3.63) is 46.1 Å². The fourth-order valence-electron chi connectivity index (χ4n) is 1.28. The Labute approximate surface area is 97.0 Å². The van der Waals surface area contributed by atoms with E-state index in [1.807, 2.05) is 24.3 Å². The topological polar surface area (TPSA) is 38.9 Å². The fraction of sp³-hybridized carbons (Fsp3) is 0.200. The minimum Gasteiger partial charge on any atom is -0.412 e. The van der Waals surface area contributed by atoms with Gasteiger partial charge in [0, 0.05) is 11.4 Å². The van der Waals surface area contributed by atoms with Crippen LogP contribution in [0.4, 0.5) is 0 Å². The summed E-state index contributed by atoms with van der Waals surface area (Å²) in [6, 6.07) is 7.68. The van der Waals surface area contributed by atoms with Gasteiger partial charge in [-0.15, -0.1) is 5.10 Å². The van der Waals surface area contributed by atoms with Gasteiger partial charge in [-0.3, -0.25) is 0 Å². The molecule has 0 unspecified atom stereocenters. The average molecular weight is 243 g/mol. The van der Waals surface area contributed by atoms with Gasteiger partial charge < -0.3 is 4.42 Å². The van der Waals surface area contributed by atoms with Crippen molar-refractivity contribution in [2.45, 2.75) is 12.8 Å². The van der Waals surface area contributed by atoms with Crippen LogP contribution in [0.5, 0.6) is 0 Å². The van der Waals surface area contributed by atoms with Gasteiger partial charge in [-0.25, -0.2) is 0 Å². The van der Waals surface area contributed by atoms with Crippen LogP contribution in [-0.4, -0.2) is 10.2 Å². The normalized spacial score (nSPS) is 10.5. The summed E-state index contributed by atoms with van der Waals surface area (Å²) in [6.45, 7) is 0. The number of aryl methyl sites for hydroxylation is 2. The largest absolute Gasteiger partial charge is 0.412 e. The van der Waals surface area contributed by atoms with Crippen molar-refractivity contribution in [2.24, 2.45) is 0 Å². The predicted molar refractivity (Wildman–Crippen MR) is 58.2 cm³/mol. The van der Waals surface area contributed by atoms with Crippen molar-refractivity contribution in [1.29, 1.82) is 0 Å². The minimum absolute atomic E-state index is 0.0733. The number of hydrogen-bond acceptors (Lipinski definition) is 3. The van der Waals surface area contributed by atoms with Crippen LogP contribution in [-0.2, 0) is 12.8 Å². The molecule has 0 spiro atoms. The summed E-state index contributed by atoms with van der Waals surface area (Å²) in [4.78, 5) is 0. The minimum atomic E-state index is 0.0733. The summed E-state index contributed by atoms with van der Waals surface area (Å²) in [6.07, 6.45) is 1.40. The van der Waals surface area contributed by atoms with E-state index in [1.54, 1.807) is 0 Å². The molecule has 2 rings (SSSR count). The zero-order valence-electron chi connectivity index (χ0n) is 7.78. The highest BCUT2D eigenvalue weighted by Crippen LogP contribution is 2.17. The van der Waals surface area contributed by atoms with E-state index in [1.165, 1.54) is 0 Å². The number of aromatic nitrogens is 2. The molecule has 1 heterocycles. The molecule has 78 valence electrons. The maximum Gasteiger partial charge on any atom is 0.312 e. The summed E-state index contributed by atoms with van der Waals surface area (Å²) < 4.78 is 5.05. The van der Waals surface area contributed by atoms with Crippen LogP contribution in [0.25, 0.3) is 0 Å². The quantitative estimate of drug-likeness (QED) is 0.831. The van der Waals surface area contributed by atoms with Gasteiger partial charge in [0.2, 0.25) is 5.89 Å². The molecule has 5 heteroatoms. The molecule has 1 aromatic carbocycles. The maximum atomic E-state index is 6.00. The molecule has 0 aliphatic heterocycles. The summed E-state index contributed by atoms with van der Waals surface area (Å²) in [5.41, 5.74) is 1.06. The van der Waals surface area contributed by atoms with E-state index in [2.05, 4.69) is 10.2 Å². The van der Waals surface area contributed by atoms with Crippen LogP contribution < -0.4 is 0 Å². The van der Waals surface area contributed by atoms with Gasteiger partial charge in [-0.05, 0) is 29.7 Å². The molecule has 0 aliphatic rings. The van der Waals surface area contributed by atoms with Crippen molar-refractivity contribution in [3.63, 3.8) is 0 Å². The third-order valence-corrected chi connectivity index (χ3v) is 2.53. The van der Waals surface area contributed by atoms with E-state index < -0.39 is 0 Å². The second-order valence-corrected chi connectivity index (χ2v) is 3.77. The smallest absolute Gasteiger partial charge is 0.312 e. The summed E-state index contributed by atoms with van der Waals surface area (Å²) in [7, 11) is 0. The van der Waals surface area contributed by atoms with E-state index in [0.29, 0.717) is 12.3 Å². The van der Waals surface area contributed by atoms with E-state index in [-0.39, 0.29) is 5.35 Å². The lowest BCUT2D eigenvalue weighted by molar-refractivity contribution is 0.494. The molecule has 0 amide bonds. The zero-order valence-corrected chi connectivity index (χ0v) is 9.29. The Bertz CT molecular complexity index is 456. The SMILES string of the molecule is Clc1nnc(CCc2ccccc2Cl)o1. The van der Waals surface area contributed by atoms with Crippen molar-refractivity contribution in [2.75, 3.05) is 0 Å². The second kappa shape index (κ2) is 4.64. The highest BCUT2D eigenvalue weighted by Gasteiger charge is 2.05. The molecule has 0 fully saturated rings. The lowest BCUT2D eigenvalue weighted by Crippen LogP contribution is -1.92. The monoisotopic (exact) mass is 242 g/mol. The van der Waals surface area contributed by atoms with Gasteiger partial charge in [0.1, 0.15) is 0 Å². The molecule has 0 radical (unpaired) electrons. The standard InChI is InChI=1S/C10H8Cl2N2O/c11-8-4-2-1-3-7(8)5-6-9-13-14-10(12)15-9/h1-4H,5-6H2. The first-order chi connectivity index (χ1) is 7.25. The molecule has 15 heavy (non-hydrogen) atoms. The molecular formula is C10H8Cl2N2O. The Kier molecular flexibility index (Phi) is 3.23. The molecule has 2 aromatic rings. The van der Waals surface area contributed by atoms with Crippen LogP contribution in [0.2, 0.25) is 10.4 Å². The van der Waals surface area contributed by atoms with Crippen LogP contribution in [0.3, 0.4) is 0 Å². The van der Waals surface area contributed by atoms with Crippen molar-refractivity contribution >= 4 is 23.2 Å². The van der Waals surface area contributed by atoms with Gasteiger partial charge in [-0.2, -0.15) is 0 Å². The highest BCUT2D eigenvalue weighted by molar-refractivity contribution is 6.31. The van der Waals surface area contributed by atoms with Crippen molar-refractivity contribution in [1.82, 2.24) is 10.2 Å². The molecule has 0 N–H and O–H groups in total. The molecule has 3 nitrogen and oxygen atoms in total. The maximum absolute atomic E-state index is 6.00. The van der Waals surface area contributed by atoms with E-state index in [0.717, 1.165) is 17.0 Å². The third kappa shape index (κ3) is 2.70. The van der Waals surface area contributed by atoms with E-state index >= 15 is 0 Å². The molecule has 0 bridgehead atoms. The molecule has 0 atom stereocenters.